The number of aliphatic carboxylic acids is 1. The fraction of sp³-hybridized carbons (Fsp3) is 0.348. The maximum Gasteiger partial charge on any atom is 0.341 e. The highest BCUT2D eigenvalue weighted by Gasteiger charge is 2.18. The van der Waals surface area contributed by atoms with E-state index in [1.807, 2.05) is 6.07 Å². The molecule has 0 atom stereocenters. The molecule has 10 heteroatoms. The number of hydrogen-bond acceptors (Lipinski definition) is 6. The van der Waals surface area contributed by atoms with Crippen LogP contribution < -0.4 is 14.2 Å². The van der Waals surface area contributed by atoms with Crippen molar-refractivity contribution in [2.45, 2.75) is 32.1 Å². The van der Waals surface area contributed by atoms with Gasteiger partial charge in [0.2, 0.25) is 0 Å². The van der Waals surface area contributed by atoms with Crippen LogP contribution in [0.15, 0.2) is 36.4 Å². The van der Waals surface area contributed by atoms with E-state index in [4.69, 9.17) is 42.5 Å². The van der Waals surface area contributed by atoms with Crippen LogP contribution in [0.1, 0.15) is 30.7 Å². The van der Waals surface area contributed by atoms with Crippen LogP contribution >= 0.6 is 23.2 Å². The SMILES string of the molecule is O=C(O)COc1ccc(OCCCOc2ccc(Cl)cc2-n2nc3c(n2)CCCC3)c(Cl)c1. The van der Waals surface area contributed by atoms with E-state index in [9.17, 15) is 4.79 Å². The second kappa shape index (κ2) is 10.8. The maximum atomic E-state index is 10.6. The van der Waals surface area contributed by atoms with Crippen LogP contribution in [-0.4, -0.2) is 45.9 Å². The number of carbonyl (C=O) groups is 1. The summed E-state index contributed by atoms with van der Waals surface area (Å²) in [6, 6.07) is 10.2. The Morgan fingerprint density at radius 2 is 1.61 bits per heavy atom. The third-order valence-electron chi connectivity index (χ3n) is 5.05. The largest absolute Gasteiger partial charge is 0.492 e. The summed E-state index contributed by atoms with van der Waals surface area (Å²) in [6.07, 6.45) is 4.76. The van der Waals surface area contributed by atoms with Crippen molar-refractivity contribution < 1.29 is 24.1 Å². The summed E-state index contributed by atoms with van der Waals surface area (Å²) in [6.45, 7) is 0.358. The van der Waals surface area contributed by atoms with Gasteiger partial charge >= 0.3 is 5.97 Å². The molecule has 0 saturated heterocycles. The Morgan fingerprint density at radius 3 is 2.27 bits per heavy atom. The molecule has 0 spiro atoms. The fourth-order valence-electron chi connectivity index (χ4n) is 3.47. The third kappa shape index (κ3) is 6.09. The highest BCUT2D eigenvalue weighted by atomic mass is 35.5. The number of carboxylic acid groups (broad SMARTS) is 1. The van der Waals surface area contributed by atoms with Crippen molar-refractivity contribution in [3.05, 3.63) is 57.8 Å². The van der Waals surface area contributed by atoms with E-state index >= 15 is 0 Å². The number of nitrogens with zero attached hydrogens (tertiary/aromatic N) is 3. The van der Waals surface area contributed by atoms with Crippen LogP contribution in [0.2, 0.25) is 10.0 Å². The first kappa shape index (κ1) is 23.2. The van der Waals surface area contributed by atoms with Crippen molar-refractivity contribution in [1.29, 1.82) is 0 Å². The molecule has 33 heavy (non-hydrogen) atoms. The first-order valence-corrected chi connectivity index (χ1v) is 11.4. The van der Waals surface area contributed by atoms with Gasteiger partial charge in [-0.2, -0.15) is 10.2 Å². The molecule has 1 aliphatic carbocycles. The van der Waals surface area contributed by atoms with Gasteiger partial charge in [0.25, 0.3) is 0 Å². The Hall–Kier alpha value is -2.97. The minimum absolute atomic E-state index is 0.340. The maximum absolute atomic E-state index is 10.6. The van der Waals surface area contributed by atoms with E-state index in [-0.39, 0.29) is 0 Å². The molecule has 1 aromatic heterocycles. The van der Waals surface area contributed by atoms with E-state index in [1.54, 1.807) is 29.1 Å². The standard InChI is InChI=1S/C23H23Cl2N3O5/c24-15-6-8-22(20(12-15)28-26-18-4-1-2-5-19(18)27-28)32-11-3-10-31-21-9-7-16(13-17(21)25)33-14-23(29)30/h6-9,12-13H,1-5,10-11,14H2,(H,29,30). The fourth-order valence-corrected chi connectivity index (χ4v) is 3.86. The first-order chi connectivity index (χ1) is 16.0. The highest BCUT2D eigenvalue weighted by Crippen LogP contribution is 2.30. The van der Waals surface area contributed by atoms with Crippen LogP contribution in [0.3, 0.4) is 0 Å². The number of halogens is 2. The summed E-state index contributed by atoms with van der Waals surface area (Å²) < 4.78 is 16.8. The Labute approximate surface area is 201 Å². The van der Waals surface area contributed by atoms with E-state index in [0.29, 0.717) is 52.6 Å². The zero-order chi connectivity index (χ0) is 23.2. The van der Waals surface area contributed by atoms with Crippen molar-refractivity contribution in [2.75, 3.05) is 19.8 Å². The third-order valence-corrected chi connectivity index (χ3v) is 5.58. The molecule has 174 valence electrons. The lowest BCUT2D eigenvalue weighted by Crippen LogP contribution is -2.09. The normalized spacial score (nSPS) is 12.8. The van der Waals surface area contributed by atoms with Gasteiger partial charge in [0.05, 0.1) is 29.6 Å². The van der Waals surface area contributed by atoms with Crippen LogP contribution in [0, 0.1) is 0 Å². The number of rotatable bonds is 10. The molecular formula is C23H23Cl2N3O5. The molecule has 0 radical (unpaired) electrons. The van der Waals surface area contributed by atoms with Gasteiger partial charge in [-0.3, -0.25) is 0 Å². The number of aromatic nitrogens is 3. The summed E-state index contributed by atoms with van der Waals surface area (Å²) >= 11 is 12.4. The Bertz CT molecular complexity index is 1110. The van der Waals surface area contributed by atoms with Crippen LogP contribution in [-0.2, 0) is 17.6 Å². The number of fused-ring (bicyclic) bond motifs is 1. The van der Waals surface area contributed by atoms with E-state index in [0.717, 1.165) is 37.1 Å². The molecule has 4 rings (SSSR count). The molecule has 0 amide bonds. The highest BCUT2D eigenvalue weighted by molar-refractivity contribution is 6.32. The molecule has 2 aromatic carbocycles. The number of carboxylic acids is 1. The lowest BCUT2D eigenvalue weighted by molar-refractivity contribution is -0.139. The van der Waals surface area contributed by atoms with Gasteiger partial charge in [-0.1, -0.05) is 23.2 Å². The predicted octanol–water partition coefficient (Wildman–Crippen LogP) is 4.76. The number of ether oxygens (including phenoxy) is 3. The van der Waals surface area contributed by atoms with E-state index < -0.39 is 12.6 Å². The minimum Gasteiger partial charge on any atom is -0.492 e. The average Bonchev–Trinajstić information content (AvgIpc) is 3.23. The molecule has 1 N–H and O–H groups in total. The average molecular weight is 492 g/mol. The van der Waals surface area contributed by atoms with Gasteiger partial charge in [0.15, 0.2) is 6.61 Å². The lowest BCUT2D eigenvalue weighted by Gasteiger charge is -2.12. The van der Waals surface area contributed by atoms with Gasteiger partial charge in [-0.05, 0) is 56.0 Å². The minimum atomic E-state index is -1.06. The van der Waals surface area contributed by atoms with Gasteiger partial charge in [0, 0.05) is 17.5 Å². The summed E-state index contributed by atoms with van der Waals surface area (Å²) in [7, 11) is 0. The lowest BCUT2D eigenvalue weighted by atomic mass is 10.0. The van der Waals surface area contributed by atoms with Gasteiger partial charge in [-0.25, -0.2) is 4.79 Å². The van der Waals surface area contributed by atoms with Crippen LogP contribution in [0.5, 0.6) is 17.2 Å². The zero-order valence-electron chi connectivity index (χ0n) is 17.8. The van der Waals surface area contributed by atoms with Gasteiger partial charge in [0.1, 0.15) is 22.9 Å². The molecule has 1 heterocycles. The van der Waals surface area contributed by atoms with Crippen molar-refractivity contribution in [1.82, 2.24) is 15.0 Å². The number of benzene rings is 2. The number of aryl methyl sites for hydroxylation is 2. The smallest absolute Gasteiger partial charge is 0.341 e. The second-order valence-corrected chi connectivity index (χ2v) is 8.37. The molecular weight excluding hydrogens is 469 g/mol. The molecule has 0 saturated carbocycles. The predicted molar refractivity (Wildman–Crippen MR) is 123 cm³/mol. The van der Waals surface area contributed by atoms with Gasteiger partial charge in [-0.15, -0.1) is 4.80 Å². The molecule has 0 fully saturated rings. The first-order valence-electron chi connectivity index (χ1n) is 10.6. The van der Waals surface area contributed by atoms with Crippen LogP contribution in [0.4, 0.5) is 0 Å². The van der Waals surface area contributed by atoms with E-state index in [1.165, 1.54) is 6.07 Å². The molecule has 0 unspecified atom stereocenters. The van der Waals surface area contributed by atoms with E-state index in [2.05, 4.69) is 10.2 Å². The molecule has 1 aliphatic rings. The van der Waals surface area contributed by atoms with Crippen molar-refractivity contribution in [3.63, 3.8) is 0 Å². The summed E-state index contributed by atoms with van der Waals surface area (Å²) in [5.41, 5.74) is 2.78. The Morgan fingerprint density at radius 1 is 0.939 bits per heavy atom. The van der Waals surface area contributed by atoms with Crippen molar-refractivity contribution >= 4 is 29.2 Å². The van der Waals surface area contributed by atoms with Crippen LogP contribution in [0.25, 0.3) is 5.69 Å². The van der Waals surface area contributed by atoms with Gasteiger partial charge < -0.3 is 19.3 Å². The Balaban J connectivity index is 1.31. The number of hydrogen-bond donors (Lipinski definition) is 1. The summed E-state index contributed by atoms with van der Waals surface area (Å²) in [4.78, 5) is 12.2. The molecule has 0 aliphatic heterocycles. The second-order valence-electron chi connectivity index (χ2n) is 7.53. The topological polar surface area (TPSA) is 95.7 Å². The summed E-state index contributed by atoms with van der Waals surface area (Å²) in [5, 5.41) is 18.9. The Kier molecular flexibility index (Phi) is 7.57. The van der Waals surface area contributed by atoms with Crippen molar-refractivity contribution in [2.24, 2.45) is 0 Å². The molecule has 3 aromatic rings. The quantitative estimate of drug-likeness (QED) is 0.408. The molecule has 0 bridgehead atoms. The summed E-state index contributed by atoms with van der Waals surface area (Å²) in [5.74, 6) is 0.433. The zero-order valence-corrected chi connectivity index (χ0v) is 19.3. The molecule has 8 nitrogen and oxygen atoms in total. The monoisotopic (exact) mass is 491 g/mol. The van der Waals surface area contributed by atoms with Crippen molar-refractivity contribution in [3.8, 4) is 22.9 Å².